The Balaban J connectivity index is 2.00. The molecule has 2 atom stereocenters. The van der Waals surface area contributed by atoms with E-state index in [1.165, 1.54) is 5.06 Å². The number of aromatic nitrogens is 1. The Hall–Kier alpha value is -1.39. The highest BCUT2D eigenvalue weighted by molar-refractivity contribution is 5.38. The third-order valence-corrected chi connectivity index (χ3v) is 3.16. The van der Waals surface area contributed by atoms with Gasteiger partial charge in [-0.3, -0.25) is 5.21 Å². The molecule has 2 rings (SSSR count). The van der Waals surface area contributed by atoms with Gasteiger partial charge < -0.3 is 4.74 Å². The average molecular weight is 262 g/mol. The number of anilines is 1. The SMILES string of the molecule is Cc1cccc(N(O)[C@@H]2C=C[C@@H](OC(C)C)CC2)n1. The molecule has 0 saturated heterocycles. The molecular formula is C15H22N2O2. The van der Waals surface area contributed by atoms with Crippen LogP contribution in [0.2, 0.25) is 0 Å². The molecule has 4 heteroatoms. The largest absolute Gasteiger partial charge is 0.372 e. The first-order valence-electron chi connectivity index (χ1n) is 6.82. The van der Waals surface area contributed by atoms with Crippen molar-refractivity contribution in [1.82, 2.24) is 4.98 Å². The van der Waals surface area contributed by atoms with Gasteiger partial charge in [0.25, 0.3) is 0 Å². The molecule has 0 fully saturated rings. The third kappa shape index (κ3) is 3.78. The summed E-state index contributed by atoms with van der Waals surface area (Å²) >= 11 is 0. The van der Waals surface area contributed by atoms with Crippen LogP contribution < -0.4 is 5.06 Å². The van der Waals surface area contributed by atoms with E-state index < -0.39 is 0 Å². The number of hydrogen-bond acceptors (Lipinski definition) is 4. The Bertz CT molecular complexity index is 446. The lowest BCUT2D eigenvalue weighted by Gasteiger charge is -2.30. The van der Waals surface area contributed by atoms with Gasteiger partial charge in [-0.05, 0) is 45.7 Å². The molecule has 1 aromatic rings. The van der Waals surface area contributed by atoms with E-state index in [2.05, 4.69) is 4.98 Å². The van der Waals surface area contributed by atoms with Crippen LogP contribution in [0.4, 0.5) is 5.82 Å². The van der Waals surface area contributed by atoms with Crippen molar-refractivity contribution in [2.75, 3.05) is 5.06 Å². The van der Waals surface area contributed by atoms with Crippen molar-refractivity contribution in [1.29, 1.82) is 0 Å². The number of hydroxylamine groups is 1. The lowest BCUT2D eigenvalue weighted by molar-refractivity contribution is 0.0249. The third-order valence-electron chi connectivity index (χ3n) is 3.16. The van der Waals surface area contributed by atoms with Gasteiger partial charge in [-0.1, -0.05) is 18.2 Å². The van der Waals surface area contributed by atoms with E-state index in [0.29, 0.717) is 5.82 Å². The maximum Gasteiger partial charge on any atom is 0.153 e. The van der Waals surface area contributed by atoms with Crippen molar-refractivity contribution in [2.45, 2.75) is 51.9 Å². The second-order valence-corrected chi connectivity index (χ2v) is 5.23. The second-order valence-electron chi connectivity index (χ2n) is 5.23. The second kappa shape index (κ2) is 6.17. The Morgan fingerprint density at radius 3 is 2.68 bits per heavy atom. The summed E-state index contributed by atoms with van der Waals surface area (Å²) in [6.45, 7) is 5.99. The zero-order valence-electron chi connectivity index (χ0n) is 11.8. The number of hydrogen-bond donors (Lipinski definition) is 1. The van der Waals surface area contributed by atoms with Gasteiger partial charge in [0, 0.05) is 5.69 Å². The molecule has 1 aromatic heterocycles. The van der Waals surface area contributed by atoms with Crippen molar-refractivity contribution in [3.05, 3.63) is 36.0 Å². The Morgan fingerprint density at radius 2 is 2.11 bits per heavy atom. The summed E-state index contributed by atoms with van der Waals surface area (Å²) in [7, 11) is 0. The minimum absolute atomic E-state index is 0.0266. The molecule has 1 N–H and O–H groups in total. The van der Waals surface area contributed by atoms with Crippen LogP contribution in [0, 0.1) is 6.92 Å². The Labute approximate surface area is 114 Å². The molecule has 1 aliphatic carbocycles. The van der Waals surface area contributed by atoms with Gasteiger partial charge in [0.15, 0.2) is 5.82 Å². The maximum atomic E-state index is 10.2. The zero-order valence-corrected chi connectivity index (χ0v) is 11.8. The van der Waals surface area contributed by atoms with Crippen LogP contribution in [0.1, 0.15) is 32.4 Å². The van der Waals surface area contributed by atoms with Crippen LogP contribution in [-0.2, 0) is 4.74 Å². The highest BCUT2D eigenvalue weighted by Gasteiger charge is 2.22. The first-order valence-corrected chi connectivity index (χ1v) is 6.82. The quantitative estimate of drug-likeness (QED) is 0.669. The fourth-order valence-corrected chi connectivity index (χ4v) is 2.27. The van der Waals surface area contributed by atoms with Gasteiger partial charge in [0.2, 0.25) is 0 Å². The summed E-state index contributed by atoms with van der Waals surface area (Å²) in [6.07, 6.45) is 6.21. The van der Waals surface area contributed by atoms with Gasteiger partial charge in [0.05, 0.1) is 18.2 Å². The maximum absolute atomic E-state index is 10.2. The van der Waals surface area contributed by atoms with E-state index >= 15 is 0 Å². The summed E-state index contributed by atoms with van der Waals surface area (Å²) in [5, 5.41) is 11.5. The van der Waals surface area contributed by atoms with Crippen LogP contribution in [0.15, 0.2) is 30.4 Å². The molecule has 104 valence electrons. The zero-order chi connectivity index (χ0) is 13.8. The van der Waals surface area contributed by atoms with Crippen LogP contribution in [0.3, 0.4) is 0 Å². The molecule has 0 radical (unpaired) electrons. The predicted octanol–water partition coefficient (Wildman–Crippen LogP) is 3.10. The minimum Gasteiger partial charge on any atom is -0.372 e. The Morgan fingerprint density at radius 1 is 1.32 bits per heavy atom. The molecule has 0 amide bonds. The summed E-state index contributed by atoms with van der Waals surface area (Å²) in [5.74, 6) is 0.595. The van der Waals surface area contributed by atoms with Crippen molar-refractivity contribution in [2.24, 2.45) is 0 Å². The molecule has 0 aliphatic heterocycles. The van der Waals surface area contributed by atoms with Crippen LogP contribution >= 0.6 is 0 Å². The van der Waals surface area contributed by atoms with Gasteiger partial charge in [-0.25, -0.2) is 10.0 Å². The van der Waals surface area contributed by atoms with E-state index in [9.17, 15) is 5.21 Å². The lowest BCUT2D eigenvalue weighted by atomic mass is 10.00. The van der Waals surface area contributed by atoms with Gasteiger partial charge in [0.1, 0.15) is 0 Å². The molecule has 4 nitrogen and oxygen atoms in total. The van der Waals surface area contributed by atoms with Crippen LogP contribution in [0.5, 0.6) is 0 Å². The van der Waals surface area contributed by atoms with E-state index in [1.54, 1.807) is 0 Å². The number of pyridine rings is 1. The van der Waals surface area contributed by atoms with E-state index in [0.717, 1.165) is 18.5 Å². The standard InChI is InChI=1S/C15H22N2O2/c1-11(2)19-14-9-7-13(8-10-14)17(18)15-6-4-5-12(3)16-15/h4-7,9,11,13-14,18H,8,10H2,1-3H3/t13-,14-/m1/s1. The summed E-state index contributed by atoms with van der Waals surface area (Å²) in [6, 6.07) is 5.61. The van der Waals surface area contributed by atoms with Crippen LogP contribution in [-0.4, -0.2) is 28.4 Å². The Kier molecular flexibility index (Phi) is 4.56. The fraction of sp³-hybridized carbons (Fsp3) is 0.533. The normalized spacial score (nSPS) is 22.8. The molecule has 1 aliphatic rings. The predicted molar refractivity (Wildman–Crippen MR) is 75.4 cm³/mol. The summed E-state index contributed by atoms with van der Waals surface area (Å²) < 4.78 is 5.74. The minimum atomic E-state index is -0.0266. The molecule has 0 spiro atoms. The average Bonchev–Trinajstić information content (AvgIpc) is 2.38. The topological polar surface area (TPSA) is 45.6 Å². The molecule has 0 aromatic carbocycles. The highest BCUT2D eigenvalue weighted by atomic mass is 16.5. The lowest BCUT2D eigenvalue weighted by Crippen LogP contribution is -2.35. The molecule has 0 bridgehead atoms. The monoisotopic (exact) mass is 262 g/mol. The molecule has 19 heavy (non-hydrogen) atoms. The van der Waals surface area contributed by atoms with Crippen molar-refractivity contribution >= 4 is 5.82 Å². The van der Waals surface area contributed by atoms with Crippen molar-refractivity contribution < 1.29 is 9.94 Å². The molecule has 0 saturated carbocycles. The molecule has 0 unspecified atom stereocenters. The number of nitrogens with zero attached hydrogens (tertiary/aromatic N) is 2. The van der Waals surface area contributed by atoms with Crippen molar-refractivity contribution in [3.8, 4) is 0 Å². The van der Waals surface area contributed by atoms with E-state index in [1.807, 2.05) is 51.1 Å². The van der Waals surface area contributed by atoms with Gasteiger partial charge in [-0.2, -0.15) is 0 Å². The molecule has 1 heterocycles. The van der Waals surface area contributed by atoms with E-state index in [-0.39, 0.29) is 18.2 Å². The van der Waals surface area contributed by atoms with Crippen molar-refractivity contribution in [3.63, 3.8) is 0 Å². The summed E-state index contributed by atoms with van der Waals surface area (Å²) in [5.41, 5.74) is 0.900. The van der Waals surface area contributed by atoms with Gasteiger partial charge in [-0.15, -0.1) is 0 Å². The summed E-state index contributed by atoms with van der Waals surface area (Å²) in [4.78, 5) is 4.33. The number of aryl methyl sites for hydroxylation is 1. The highest BCUT2D eigenvalue weighted by Crippen LogP contribution is 2.22. The van der Waals surface area contributed by atoms with E-state index in [4.69, 9.17) is 4.74 Å². The molecular weight excluding hydrogens is 240 g/mol. The smallest absolute Gasteiger partial charge is 0.153 e. The number of rotatable bonds is 4. The first-order chi connectivity index (χ1) is 9.06. The van der Waals surface area contributed by atoms with Crippen LogP contribution in [0.25, 0.3) is 0 Å². The number of ether oxygens (including phenoxy) is 1. The fourth-order valence-electron chi connectivity index (χ4n) is 2.27. The first kappa shape index (κ1) is 14.0. The van der Waals surface area contributed by atoms with Gasteiger partial charge >= 0.3 is 0 Å².